The van der Waals surface area contributed by atoms with Crippen LogP contribution in [0, 0.1) is 6.92 Å². The standard InChI is InChI=1S/C22H23N3O3/c1-4-15-7-5-6-8-19(15)25-21(26)13-23-22(27)18-11-16-9-10-17(28-3)12-20(16)24-14(18)2/h5-12H,4,13H2,1-3H3,(H,23,27)(H,25,26). The number of methoxy groups -OCH3 is 1. The number of ether oxygens (including phenoxy) is 1. The summed E-state index contributed by atoms with van der Waals surface area (Å²) in [5, 5.41) is 6.34. The number of aryl methyl sites for hydroxylation is 2. The minimum Gasteiger partial charge on any atom is -0.497 e. The summed E-state index contributed by atoms with van der Waals surface area (Å²) < 4.78 is 5.21. The Balaban J connectivity index is 1.69. The molecule has 6 heteroatoms. The first-order valence-electron chi connectivity index (χ1n) is 9.13. The van der Waals surface area contributed by atoms with Gasteiger partial charge in [0.2, 0.25) is 5.91 Å². The number of carbonyl (C=O) groups is 2. The molecule has 3 rings (SSSR count). The second-order valence-electron chi connectivity index (χ2n) is 6.42. The van der Waals surface area contributed by atoms with Crippen molar-refractivity contribution in [3.8, 4) is 5.75 Å². The molecule has 0 aliphatic heterocycles. The molecule has 0 saturated heterocycles. The summed E-state index contributed by atoms with van der Waals surface area (Å²) in [4.78, 5) is 29.3. The van der Waals surface area contributed by atoms with E-state index in [0.717, 1.165) is 28.6 Å². The number of hydrogen-bond donors (Lipinski definition) is 2. The Morgan fingerprint density at radius 3 is 2.64 bits per heavy atom. The van der Waals surface area contributed by atoms with Crippen molar-refractivity contribution in [1.82, 2.24) is 10.3 Å². The summed E-state index contributed by atoms with van der Waals surface area (Å²) in [6.45, 7) is 3.68. The van der Waals surface area contributed by atoms with Crippen LogP contribution in [0.3, 0.4) is 0 Å². The fourth-order valence-electron chi connectivity index (χ4n) is 3.00. The zero-order valence-corrected chi connectivity index (χ0v) is 16.2. The topological polar surface area (TPSA) is 80.3 Å². The fourth-order valence-corrected chi connectivity index (χ4v) is 3.00. The molecule has 0 radical (unpaired) electrons. The van der Waals surface area contributed by atoms with Crippen molar-refractivity contribution in [1.29, 1.82) is 0 Å². The van der Waals surface area contributed by atoms with Gasteiger partial charge in [-0.15, -0.1) is 0 Å². The van der Waals surface area contributed by atoms with Crippen molar-refractivity contribution in [2.75, 3.05) is 19.0 Å². The Kier molecular flexibility index (Phi) is 5.89. The van der Waals surface area contributed by atoms with E-state index in [1.165, 1.54) is 0 Å². The average molecular weight is 377 g/mol. The molecule has 144 valence electrons. The molecule has 6 nitrogen and oxygen atoms in total. The summed E-state index contributed by atoms with van der Waals surface area (Å²) in [5.41, 5.74) is 3.60. The van der Waals surface area contributed by atoms with Crippen LogP contribution in [0.25, 0.3) is 10.9 Å². The number of pyridine rings is 1. The predicted molar refractivity (Wildman–Crippen MR) is 110 cm³/mol. The van der Waals surface area contributed by atoms with Crippen molar-refractivity contribution in [2.24, 2.45) is 0 Å². The molecule has 0 unspecified atom stereocenters. The maximum Gasteiger partial charge on any atom is 0.253 e. The Hall–Kier alpha value is -3.41. The molecule has 0 saturated carbocycles. The highest BCUT2D eigenvalue weighted by Gasteiger charge is 2.14. The lowest BCUT2D eigenvalue weighted by Crippen LogP contribution is -2.33. The lowest BCUT2D eigenvalue weighted by atomic mass is 10.1. The number of para-hydroxylation sites is 1. The second kappa shape index (κ2) is 8.52. The largest absolute Gasteiger partial charge is 0.497 e. The maximum absolute atomic E-state index is 12.6. The number of nitrogens with one attached hydrogen (secondary N) is 2. The van der Waals surface area contributed by atoms with Crippen LogP contribution in [0.1, 0.15) is 28.5 Å². The lowest BCUT2D eigenvalue weighted by molar-refractivity contribution is -0.115. The van der Waals surface area contributed by atoms with E-state index in [2.05, 4.69) is 15.6 Å². The summed E-state index contributed by atoms with van der Waals surface area (Å²) in [5.74, 6) is 0.104. The maximum atomic E-state index is 12.6. The van der Waals surface area contributed by atoms with Crippen LogP contribution in [-0.4, -0.2) is 30.5 Å². The molecule has 2 amide bonds. The van der Waals surface area contributed by atoms with Gasteiger partial charge in [-0.25, -0.2) is 0 Å². The smallest absolute Gasteiger partial charge is 0.253 e. The zero-order chi connectivity index (χ0) is 20.1. The molecule has 1 aromatic heterocycles. The molecule has 0 atom stereocenters. The summed E-state index contributed by atoms with van der Waals surface area (Å²) in [6.07, 6.45) is 0.815. The molecule has 0 bridgehead atoms. The first-order valence-corrected chi connectivity index (χ1v) is 9.13. The summed E-state index contributed by atoms with van der Waals surface area (Å²) in [6, 6.07) is 14.9. The first-order chi connectivity index (χ1) is 13.5. The second-order valence-corrected chi connectivity index (χ2v) is 6.42. The number of fused-ring (bicyclic) bond motifs is 1. The van der Waals surface area contributed by atoms with Crippen molar-refractivity contribution >= 4 is 28.4 Å². The van der Waals surface area contributed by atoms with Crippen LogP contribution in [-0.2, 0) is 11.2 Å². The molecule has 0 spiro atoms. The van der Waals surface area contributed by atoms with Crippen LogP contribution >= 0.6 is 0 Å². The van der Waals surface area contributed by atoms with E-state index >= 15 is 0 Å². The summed E-state index contributed by atoms with van der Waals surface area (Å²) in [7, 11) is 1.60. The minimum atomic E-state index is -0.332. The quantitative estimate of drug-likeness (QED) is 0.689. The zero-order valence-electron chi connectivity index (χ0n) is 16.2. The third-order valence-electron chi connectivity index (χ3n) is 4.54. The van der Waals surface area contributed by atoms with Crippen LogP contribution in [0.2, 0.25) is 0 Å². The van der Waals surface area contributed by atoms with Crippen LogP contribution in [0.15, 0.2) is 48.5 Å². The lowest BCUT2D eigenvalue weighted by Gasteiger charge is -2.11. The van der Waals surface area contributed by atoms with Gasteiger partial charge in [0, 0.05) is 17.1 Å². The highest BCUT2D eigenvalue weighted by molar-refractivity contribution is 6.02. The van der Waals surface area contributed by atoms with Gasteiger partial charge in [-0.3, -0.25) is 14.6 Å². The van der Waals surface area contributed by atoms with E-state index in [-0.39, 0.29) is 18.4 Å². The Labute approximate surface area is 163 Å². The average Bonchev–Trinajstić information content (AvgIpc) is 2.71. The number of rotatable bonds is 6. The number of amides is 2. The molecule has 2 aromatic carbocycles. The fraction of sp³-hybridized carbons (Fsp3) is 0.227. The van der Waals surface area contributed by atoms with Gasteiger partial charge in [-0.1, -0.05) is 25.1 Å². The van der Waals surface area contributed by atoms with E-state index in [1.807, 2.05) is 49.4 Å². The van der Waals surface area contributed by atoms with Gasteiger partial charge in [-0.2, -0.15) is 0 Å². The van der Waals surface area contributed by atoms with Gasteiger partial charge in [0.25, 0.3) is 5.91 Å². The van der Waals surface area contributed by atoms with E-state index < -0.39 is 0 Å². The molecule has 3 aromatic rings. The normalized spacial score (nSPS) is 10.5. The molecule has 2 N–H and O–H groups in total. The van der Waals surface area contributed by atoms with Crippen molar-refractivity contribution in [2.45, 2.75) is 20.3 Å². The number of carbonyl (C=O) groups excluding carboxylic acids is 2. The third-order valence-corrected chi connectivity index (χ3v) is 4.54. The Bertz CT molecular complexity index is 1030. The molecule has 0 aliphatic rings. The Morgan fingerprint density at radius 2 is 1.89 bits per heavy atom. The van der Waals surface area contributed by atoms with E-state index in [4.69, 9.17) is 4.74 Å². The monoisotopic (exact) mass is 377 g/mol. The van der Waals surface area contributed by atoms with Gasteiger partial charge < -0.3 is 15.4 Å². The van der Waals surface area contributed by atoms with Gasteiger partial charge in [0.1, 0.15) is 5.75 Å². The van der Waals surface area contributed by atoms with Crippen LogP contribution in [0.4, 0.5) is 5.69 Å². The number of nitrogens with zero attached hydrogens (tertiary/aromatic N) is 1. The highest BCUT2D eigenvalue weighted by Crippen LogP contribution is 2.21. The minimum absolute atomic E-state index is 0.114. The molecule has 1 heterocycles. The number of aromatic nitrogens is 1. The number of anilines is 1. The molecular formula is C22H23N3O3. The highest BCUT2D eigenvalue weighted by atomic mass is 16.5. The molecule has 0 fully saturated rings. The number of hydrogen-bond acceptors (Lipinski definition) is 4. The van der Waals surface area contributed by atoms with Gasteiger partial charge in [-0.05, 0) is 43.2 Å². The third kappa shape index (κ3) is 4.28. The first kappa shape index (κ1) is 19.4. The number of benzene rings is 2. The van der Waals surface area contributed by atoms with Crippen LogP contribution < -0.4 is 15.4 Å². The SMILES string of the molecule is CCc1ccccc1NC(=O)CNC(=O)c1cc2ccc(OC)cc2nc1C. The summed E-state index contributed by atoms with van der Waals surface area (Å²) >= 11 is 0. The van der Waals surface area contributed by atoms with Gasteiger partial charge >= 0.3 is 0 Å². The molecule has 28 heavy (non-hydrogen) atoms. The van der Waals surface area contributed by atoms with E-state index in [0.29, 0.717) is 17.0 Å². The predicted octanol–water partition coefficient (Wildman–Crippen LogP) is 3.48. The van der Waals surface area contributed by atoms with Crippen molar-refractivity contribution in [3.05, 3.63) is 65.4 Å². The van der Waals surface area contributed by atoms with Gasteiger partial charge in [0.15, 0.2) is 0 Å². The van der Waals surface area contributed by atoms with Crippen molar-refractivity contribution < 1.29 is 14.3 Å². The van der Waals surface area contributed by atoms with Gasteiger partial charge in [0.05, 0.1) is 30.4 Å². The van der Waals surface area contributed by atoms with E-state index in [9.17, 15) is 9.59 Å². The molecular weight excluding hydrogens is 354 g/mol. The van der Waals surface area contributed by atoms with E-state index in [1.54, 1.807) is 20.1 Å². The van der Waals surface area contributed by atoms with Crippen LogP contribution in [0.5, 0.6) is 5.75 Å². The Morgan fingerprint density at radius 1 is 1.11 bits per heavy atom. The molecule has 0 aliphatic carbocycles. The van der Waals surface area contributed by atoms with Crippen molar-refractivity contribution in [3.63, 3.8) is 0 Å².